The van der Waals surface area contributed by atoms with Crippen molar-refractivity contribution in [1.82, 2.24) is 0 Å². The first-order chi connectivity index (χ1) is 7.74. The molecule has 0 spiro atoms. The third kappa shape index (κ3) is 4.42. The zero-order chi connectivity index (χ0) is 11.8. The van der Waals surface area contributed by atoms with Crippen LogP contribution in [-0.2, 0) is 20.9 Å². The molecule has 16 heavy (non-hydrogen) atoms. The van der Waals surface area contributed by atoms with Crippen molar-refractivity contribution >= 4 is 21.4 Å². The predicted octanol–water partition coefficient (Wildman–Crippen LogP) is 0.726. The molecule has 0 aliphatic rings. The second-order valence-electron chi connectivity index (χ2n) is 3.08. The maximum absolute atomic E-state index is 10.7. The molecule has 83 valence electrons. The maximum atomic E-state index is 10.7. The Bertz CT molecular complexity index is 363. The van der Waals surface area contributed by atoms with Crippen molar-refractivity contribution < 1.29 is 14.3 Å². The molecular weight excluding hydrogens is 220 g/mol. The number of hydrogen-bond acceptors (Lipinski definition) is 3. The summed E-state index contributed by atoms with van der Waals surface area (Å²) in [6, 6.07) is 7.81. The zero-order valence-electron chi connectivity index (χ0n) is 8.94. The molecule has 3 radical (unpaired) electrons. The highest BCUT2D eigenvalue weighted by molar-refractivity contribution is 6.33. The minimum absolute atomic E-state index is 0.245. The third-order valence-corrected chi connectivity index (χ3v) is 2.40. The molecule has 0 aromatic heterocycles. The lowest BCUT2D eigenvalue weighted by atomic mass is 10.2. The van der Waals surface area contributed by atoms with E-state index in [-0.39, 0.29) is 6.61 Å². The van der Waals surface area contributed by atoms with Crippen molar-refractivity contribution in [3.05, 3.63) is 42.5 Å². The highest BCUT2D eigenvalue weighted by Gasteiger charge is 1.98. The van der Waals surface area contributed by atoms with E-state index in [9.17, 15) is 4.79 Å². The molecule has 0 amide bonds. The summed E-state index contributed by atoms with van der Waals surface area (Å²) in [5.41, 5.74) is 1.06. The van der Waals surface area contributed by atoms with Crippen molar-refractivity contribution in [2.75, 3.05) is 13.2 Å². The second kappa shape index (κ2) is 6.98. The minimum atomic E-state index is -0.427. The molecular formula is C12H13O3Si. The van der Waals surface area contributed by atoms with E-state index in [4.69, 9.17) is 9.47 Å². The van der Waals surface area contributed by atoms with Gasteiger partial charge in [-0.2, -0.15) is 0 Å². The van der Waals surface area contributed by atoms with Gasteiger partial charge in [0.25, 0.3) is 0 Å². The van der Waals surface area contributed by atoms with Crippen LogP contribution in [0.2, 0.25) is 0 Å². The standard InChI is InChI=1S/C12H13O3Si/c1-2-12(13)15-8-7-14-9-10-5-3-4-6-11(10)16/h2-6H,1,7-9H2. The van der Waals surface area contributed by atoms with Gasteiger partial charge in [0.2, 0.25) is 0 Å². The van der Waals surface area contributed by atoms with Gasteiger partial charge in [-0.25, -0.2) is 4.79 Å². The van der Waals surface area contributed by atoms with Crippen LogP contribution in [0.25, 0.3) is 0 Å². The van der Waals surface area contributed by atoms with Crippen LogP contribution in [0.4, 0.5) is 0 Å². The van der Waals surface area contributed by atoms with Crippen molar-refractivity contribution in [2.45, 2.75) is 6.61 Å². The average Bonchev–Trinajstić information content (AvgIpc) is 2.30. The zero-order valence-corrected chi connectivity index (χ0v) is 9.94. The van der Waals surface area contributed by atoms with Crippen molar-refractivity contribution in [2.24, 2.45) is 0 Å². The summed E-state index contributed by atoms with van der Waals surface area (Å²) in [7, 11) is 3.47. The van der Waals surface area contributed by atoms with Gasteiger partial charge in [0.05, 0.1) is 23.5 Å². The fourth-order valence-electron chi connectivity index (χ4n) is 1.09. The first-order valence-corrected chi connectivity index (χ1v) is 5.40. The van der Waals surface area contributed by atoms with Gasteiger partial charge in [-0.3, -0.25) is 0 Å². The van der Waals surface area contributed by atoms with E-state index in [1.807, 2.05) is 24.3 Å². The molecule has 0 saturated carbocycles. The van der Waals surface area contributed by atoms with Gasteiger partial charge in [-0.1, -0.05) is 36.0 Å². The summed E-state index contributed by atoms with van der Waals surface area (Å²) in [5, 5.41) is 1.01. The highest BCUT2D eigenvalue weighted by atomic mass is 28.1. The van der Waals surface area contributed by atoms with Gasteiger partial charge in [-0.15, -0.1) is 0 Å². The Morgan fingerprint density at radius 2 is 2.12 bits per heavy atom. The SMILES string of the molecule is C=CC(=O)OCCOCc1ccccc1[Si]. The minimum Gasteiger partial charge on any atom is -0.460 e. The van der Waals surface area contributed by atoms with E-state index < -0.39 is 5.97 Å². The van der Waals surface area contributed by atoms with Gasteiger partial charge in [-0.05, 0) is 5.56 Å². The number of carbonyl (C=O) groups is 1. The molecule has 0 fully saturated rings. The number of esters is 1. The lowest BCUT2D eigenvalue weighted by Gasteiger charge is -2.06. The van der Waals surface area contributed by atoms with Crippen LogP contribution in [0.3, 0.4) is 0 Å². The summed E-state index contributed by atoms with van der Waals surface area (Å²) in [6.07, 6.45) is 1.13. The third-order valence-electron chi connectivity index (χ3n) is 1.91. The van der Waals surface area contributed by atoms with Gasteiger partial charge in [0.15, 0.2) is 0 Å². The van der Waals surface area contributed by atoms with Crippen LogP contribution in [-0.4, -0.2) is 29.4 Å². The van der Waals surface area contributed by atoms with E-state index in [2.05, 4.69) is 16.8 Å². The molecule has 1 rings (SSSR count). The molecule has 0 unspecified atom stereocenters. The van der Waals surface area contributed by atoms with E-state index in [1.54, 1.807) is 0 Å². The van der Waals surface area contributed by atoms with Gasteiger partial charge < -0.3 is 9.47 Å². The Labute approximate surface area is 98.5 Å². The Hall–Kier alpha value is -1.39. The number of carbonyl (C=O) groups excluding carboxylic acids is 1. The first kappa shape index (κ1) is 12.7. The smallest absolute Gasteiger partial charge is 0.330 e. The molecule has 4 heteroatoms. The Balaban J connectivity index is 2.19. The molecule has 1 aromatic carbocycles. The number of rotatable bonds is 6. The second-order valence-corrected chi connectivity index (χ2v) is 3.62. The predicted molar refractivity (Wildman–Crippen MR) is 62.6 cm³/mol. The normalized spacial score (nSPS) is 9.81. The molecule has 0 saturated heterocycles. The Morgan fingerprint density at radius 1 is 1.38 bits per heavy atom. The van der Waals surface area contributed by atoms with Crippen LogP contribution in [0.15, 0.2) is 36.9 Å². The van der Waals surface area contributed by atoms with Crippen LogP contribution in [0.5, 0.6) is 0 Å². The Morgan fingerprint density at radius 3 is 2.81 bits per heavy atom. The van der Waals surface area contributed by atoms with Gasteiger partial charge >= 0.3 is 5.97 Å². The monoisotopic (exact) mass is 233 g/mol. The van der Waals surface area contributed by atoms with E-state index >= 15 is 0 Å². The fraction of sp³-hybridized carbons (Fsp3) is 0.250. The van der Waals surface area contributed by atoms with E-state index in [0.717, 1.165) is 16.8 Å². The molecule has 0 atom stereocenters. The van der Waals surface area contributed by atoms with Crippen molar-refractivity contribution in [3.63, 3.8) is 0 Å². The molecule has 0 bridgehead atoms. The summed E-state index contributed by atoms with van der Waals surface area (Å²) in [4.78, 5) is 10.7. The largest absolute Gasteiger partial charge is 0.460 e. The molecule has 0 aliphatic carbocycles. The summed E-state index contributed by atoms with van der Waals surface area (Å²) in [6.45, 7) is 4.41. The van der Waals surface area contributed by atoms with Crippen LogP contribution in [0, 0.1) is 0 Å². The van der Waals surface area contributed by atoms with Crippen LogP contribution >= 0.6 is 0 Å². The van der Waals surface area contributed by atoms with Crippen LogP contribution < -0.4 is 5.19 Å². The highest BCUT2D eigenvalue weighted by Crippen LogP contribution is 1.97. The number of benzene rings is 1. The van der Waals surface area contributed by atoms with Gasteiger partial charge in [0.1, 0.15) is 6.61 Å². The Kier molecular flexibility index (Phi) is 5.53. The topological polar surface area (TPSA) is 35.5 Å². The lowest BCUT2D eigenvalue weighted by Crippen LogP contribution is -2.13. The maximum Gasteiger partial charge on any atom is 0.330 e. The number of hydrogen-bond donors (Lipinski definition) is 0. The van der Waals surface area contributed by atoms with Gasteiger partial charge in [0, 0.05) is 6.08 Å². The summed E-state index contributed by atoms with van der Waals surface area (Å²) < 4.78 is 10.1. The summed E-state index contributed by atoms with van der Waals surface area (Å²) in [5.74, 6) is -0.427. The molecule has 3 nitrogen and oxygen atoms in total. The number of ether oxygens (including phenoxy) is 2. The fourth-order valence-corrected chi connectivity index (χ4v) is 1.34. The molecule has 0 heterocycles. The molecule has 0 N–H and O–H groups in total. The lowest BCUT2D eigenvalue weighted by molar-refractivity contribution is -0.139. The van der Waals surface area contributed by atoms with Crippen molar-refractivity contribution in [3.8, 4) is 0 Å². The van der Waals surface area contributed by atoms with E-state index in [1.165, 1.54) is 0 Å². The average molecular weight is 233 g/mol. The van der Waals surface area contributed by atoms with Crippen molar-refractivity contribution in [1.29, 1.82) is 0 Å². The van der Waals surface area contributed by atoms with Crippen LogP contribution in [0.1, 0.15) is 5.56 Å². The molecule has 0 aliphatic heterocycles. The summed E-state index contributed by atoms with van der Waals surface area (Å²) >= 11 is 0. The first-order valence-electron chi connectivity index (χ1n) is 4.90. The quantitative estimate of drug-likeness (QED) is 0.314. The van der Waals surface area contributed by atoms with E-state index in [0.29, 0.717) is 13.2 Å². The molecule has 1 aromatic rings.